The van der Waals surface area contributed by atoms with Gasteiger partial charge in [-0.2, -0.15) is 0 Å². The molecule has 4 heteroatoms. The van der Waals surface area contributed by atoms with E-state index >= 15 is 0 Å². The first kappa shape index (κ1) is 17.5. The summed E-state index contributed by atoms with van der Waals surface area (Å²) in [5.74, 6) is 2.03. The number of ether oxygens (including phenoxy) is 1. The molecule has 0 amide bonds. The number of rotatable bonds is 8. The Labute approximate surface area is 130 Å². The predicted molar refractivity (Wildman–Crippen MR) is 87.3 cm³/mol. The summed E-state index contributed by atoms with van der Waals surface area (Å²) < 4.78 is 6.54. The minimum absolute atomic E-state index is 0.296. The van der Waals surface area contributed by atoms with E-state index < -0.39 is 6.10 Å². The first-order chi connectivity index (χ1) is 9.40. The Morgan fingerprint density at radius 3 is 2.55 bits per heavy atom. The van der Waals surface area contributed by atoms with E-state index in [1.54, 1.807) is 0 Å². The smallest absolute Gasteiger partial charge is 0.133 e. The molecule has 0 radical (unpaired) electrons. The molecule has 0 bridgehead atoms. The highest BCUT2D eigenvalue weighted by atomic mass is 79.9. The SMILES string of the molecule is Cc1ccc(OCC(O)CNCC(C)C(C)C)c(Br)c1. The second-order valence-corrected chi connectivity index (χ2v) is 6.63. The highest BCUT2D eigenvalue weighted by molar-refractivity contribution is 9.10. The summed E-state index contributed by atoms with van der Waals surface area (Å²) in [6, 6.07) is 5.92. The summed E-state index contributed by atoms with van der Waals surface area (Å²) in [6.07, 6.45) is -0.498. The van der Waals surface area contributed by atoms with Crippen molar-refractivity contribution < 1.29 is 9.84 Å². The maximum atomic E-state index is 9.90. The first-order valence-electron chi connectivity index (χ1n) is 7.18. The predicted octanol–water partition coefficient (Wildman–Crippen LogP) is 3.38. The van der Waals surface area contributed by atoms with Crippen LogP contribution in [-0.2, 0) is 0 Å². The maximum absolute atomic E-state index is 9.90. The minimum atomic E-state index is -0.498. The van der Waals surface area contributed by atoms with Gasteiger partial charge in [-0.1, -0.05) is 26.8 Å². The van der Waals surface area contributed by atoms with Gasteiger partial charge in [0.15, 0.2) is 0 Å². The second-order valence-electron chi connectivity index (χ2n) is 5.78. The van der Waals surface area contributed by atoms with Crippen molar-refractivity contribution in [2.45, 2.75) is 33.8 Å². The average molecular weight is 344 g/mol. The number of aliphatic hydroxyl groups is 1. The van der Waals surface area contributed by atoms with Gasteiger partial charge >= 0.3 is 0 Å². The minimum Gasteiger partial charge on any atom is -0.490 e. The van der Waals surface area contributed by atoms with Crippen LogP contribution in [-0.4, -0.2) is 30.9 Å². The quantitative estimate of drug-likeness (QED) is 0.760. The largest absolute Gasteiger partial charge is 0.490 e. The van der Waals surface area contributed by atoms with Crippen molar-refractivity contribution in [3.8, 4) is 5.75 Å². The number of aliphatic hydroxyl groups excluding tert-OH is 1. The van der Waals surface area contributed by atoms with Crippen molar-refractivity contribution in [3.05, 3.63) is 28.2 Å². The molecule has 0 spiro atoms. The van der Waals surface area contributed by atoms with Crippen LogP contribution in [0.25, 0.3) is 0 Å². The lowest BCUT2D eigenvalue weighted by atomic mass is 9.98. The molecule has 0 aromatic heterocycles. The number of aryl methyl sites for hydroxylation is 1. The Morgan fingerprint density at radius 2 is 1.95 bits per heavy atom. The molecule has 0 aliphatic rings. The van der Waals surface area contributed by atoms with Gasteiger partial charge in [0.2, 0.25) is 0 Å². The molecule has 1 rings (SSSR count). The molecule has 0 fully saturated rings. The topological polar surface area (TPSA) is 41.5 Å². The van der Waals surface area contributed by atoms with Crippen LogP contribution in [0.4, 0.5) is 0 Å². The lowest BCUT2D eigenvalue weighted by molar-refractivity contribution is 0.104. The fourth-order valence-electron chi connectivity index (χ4n) is 1.68. The van der Waals surface area contributed by atoms with Gasteiger partial charge in [-0.25, -0.2) is 0 Å². The zero-order chi connectivity index (χ0) is 15.1. The Hall–Kier alpha value is -0.580. The number of nitrogens with one attached hydrogen (secondary N) is 1. The molecule has 0 heterocycles. The van der Waals surface area contributed by atoms with Gasteiger partial charge in [-0.3, -0.25) is 0 Å². The highest BCUT2D eigenvalue weighted by Crippen LogP contribution is 2.25. The third-order valence-corrected chi connectivity index (χ3v) is 4.12. The van der Waals surface area contributed by atoms with E-state index in [2.05, 4.69) is 42.0 Å². The van der Waals surface area contributed by atoms with Crippen LogP contribution >= 0.6 is 15.9 Å². The average Bonchev–Trinajstić information content (AvgIpc) is 2.37. The van der Waals surface area contributed by atoms with Crippen LogP contribution in [0.1, 0.15) is 26.3 Å². The van der Waals surface area contributed by atoms with Crippen LogP contribution < -0.4 is 10.1 Å². The number of hydrogen-bond acceptors (Lipinski definition) is 3. The summed E-state index contributed by atoms with van der Waals surface area (Å²) in [4.78, 5) is 0. The van der Waals surface area contributed by atoms with Gasteiger partial charge in [-0.05, 0) is 58.9 Å². The third kappa shape index (κ3) is 6.25. The molecule has 0 saturated carbocycles. The molecule has 0 saturated heterocycles. The molecule has 0 aliphatic carbocycles. The maximum Gasteiger partial charge on any atom is 0.133 e. The zero-order valence-corrected chi connectivity index (χ0v) is 14.4. The Morgan fingerprint density at radius 1 is 1.25 bits per heavy atom. The molecule has 2 atom stereocenters. The molecular formula is C16H26BrNO2. The summed E-state index contributed by atoms with van der Waals surface area (Å²) >= 11 is 3.46. The summed E-state index contributed by atoms with van der Waals surface area (Å²) in [7, 11) is 0. The lowest BCUT2D eigenvalue weighted by Gasteiger charge is -2.18. The molecule has 3 nitrogen and oxygen atoms in total. The fraction of sp³-hybridized carbons (Fsp3) is 0.625. The Bertz CT molecular complexity index is 409. The fourth-order valence-corrected chi connectivity index (χ4v) is 2.29. The van der Waals surface area contributed by atoms with Gasteiger partial charge in [0.25, 0.3) is 0 Å². The van der Waals surface area contributed by atoms with E-state index in [1.807, 2.05) is 25.1 Å². The molecule has 0 aliphatic heterocycles. The Kier molecular flexibility index (Phi) is 7.56. The highest BCUT2D eigenvalue weighted by Gasteiger charge is 2.10. The van der Waals surface area contributed by atoms with E-state index in [1.165, 1.54) is 5.56 Å². The van der Waals surface area contributed by atoms with E-state index in [0.717, 1.165) is 16.8 Å². The Balaban J connectivity index is 2.27. The van der Waals surface area contributed by atoms with E-state index in [9.17, 15) is 5.11 Å². The van der Waals surface area contributed by atoms with Crippen LogP contribution in [0.3, 0.4) is 0 Å². The number of benzene rings is 1. The van der Waals surface area contributed by atoms with Gasteiger partial charge in [-0.15, -0.1) is 0 Å². The lowest BCUT2D eigenvalue weighted by Crippen LogP contribution is -2.34. The van der Waals surface area contributed by atoms with Crippen molar-refractivity contribution in [1.82, 2.24) is 5.32 Å². The van der Waals surface area contributed by atoms with Crippen LogP contribution in [0.15, 0.2) is 22.7 Å². The van der Waals surface area contributed by atoms with Crippen LogP contribution in [0, 0.1) is 18.8 Å². The van der Waals surface area contributed by atoms with Crippen molar-refractivity contribution in [2.24, 2.45) is 11.8 Å². The molecule has 2 N–H and O–H groups in total. The van der Waals surface area contributed by atoms with Crippen molar-refractivity contribution in [3.63, 3.8) is 0 Å². The molecule has 1 aromatic carbocycles. The molecule has 2 unspecified atom stereocenters. The second kappa shape index (κ2) is 8.65. The normalized spacial score (nSPS) is 14.3. The van der Waals surface area contributed by atoms with Gasteiger partial charge in [0, 0.05) is 6.54 Å². The van der Waals surface area contributed by atoms with Gasteiger partial charge in [0.1, 0.15) is 18.5 Å². The standard InChI is InChI=1S/C16H26BrNO2/c1-11(2)13(4)8-18-9-14(19)10-20-16-6-5-12(3)7-15(16)17/h5-7,11,13-14,18-19H,8-10H2,1-4H3. The third-order valence-electron chi connectivity index (χ3n) is 3.50. The van der Waals surface area contributed by atoms with E-state index in [0.29, 0.717) is 25.0 Å². The van der Waals surface area contributed by atoms with E-state index in [-0.39, 0.29) is 0 Å². The summed E-state index contributed by atoms with van der Waals surface area (Å²) in [5.41, 5.74) is 1.18. The monoisotopic (exact) mass is 343 g/mol. The van der Waals surface area contributed by atoms with Gasteiger partial charge < -0.3 is 15.2 Å². The van der Waals surface area contributed by atoms with E-state index in [4.69, 9.17) is 4.74 Å². The van der Waals surface area contributed by atoms with Gasteiger partial charge in [0.05, 0.1) is 4.47 Å². The zero-order valence-electron chi connectivity index (χ0n) is 12.8. The van der Waals surface area contributed by atoms with Crippen molar-refractivity contribution in [2.75, 3.05) is 19.7 Å². The van der Waals surface area contributed by atoms with Crippen LogP contribution in [0.2, 0.25) is 0 Å². The first-order valence-corrected chi connectivity index (χ1v) is 7.97. The number of halogens is 1. The van der Waals surface area contributed by atoms with Crippen molar-refractivity contribution in [1.29, 1.82) is 0 Å². The summed E-state index contributed by atoms with van der Waals surface area (Å²) in [5, 5.41) is 13.2. The number of hydrogen-bond donors (Lipinski definition) is 2. The molecule has 1 aromatic rings. The van der Waals surface area contributed by atoms with Crippen molar-refractivity contribution >= 4 is 15.9 Å². The molecular weight excluding hydrogens is 318 g/mol. The van der Waals surface area contributed by atoms with Crippen LogP contribution in [0.5, 0.6) is 5.75 Å². The molecule has 114 valence electrons. The molecule has 20 heavy (non-hydrogen) atoms. The summed E-state index contributed by atoms with van der Waals surface area (Å²) in [6.45, 7) is 10.4.